The van der Waals surface area contributed by atoms with Crippen LogP contribution in [0.25, 0.3) is 0 Å². The molecule has 1 aliphatic rings. The van der Waals surface area contributed by atoms with Crippen molar-refractivity contribution in [2.75, 3.05) is 18.0 Å². The van der Waals surface area contributed by atoms with Crippen molar-refractivity contribution >= 4 is 21.6 Å². The summed E-state index contributed by atoms with van der Waals surface area (Å²) < 4.78 is 0.978. The number of rotatable bonds is 1. The molecular weight excluding hydrogens is 232 g/mol. The lowest BCUT2D eigenvalue weighted by Crippen LogP contribution is -2.21. The molecule has 0 bridgehead atoms. The van der Waals surface area contributed by atoms with Gasteiger partial charge in [0.2, 0.25) is 0 Å². The van der Waals surface area contributed by atoms with E-state index in [9.17, 15) is 5.11 Å². The molecule has 1 saturated heterocycles. The number of aliphatic hydroxyl groups excluding tert-OH is 1. The van der Waals surface area contributed by atoms with Crippen LogP contribution in [0.15, 0.2) is 22.9 Å². The van der Waals surface area contributed by atoms with Crippen LogP contribution in [0.5, 0.6) is 0 Å². The monoisotopic (exact) mass is 242 g/mol. The summed E-state index contributed by atoms with van der Waals surface area (Å²) in [5.41, 5.74) is 1.07. The van der Waals surface area contributed by atoms with Gasteiger partial charge in [-0.25, -0.2) is 0 Å². The molecule has 1 unspecified atom stereocenters. The minimum absolute atomic E-state index is 0.181. The summed E-state index contributed by atoms with van der Waals surface area (Å²) in [7, 11) is 0. The van der Waals surface area contributed by atoms with Gasteiger partial charge in [0.25, 0.3) is 0 Å². The maximum absolute atomic E-state index is 9.36. The van der Waals surface area contributed by atoms with Crippen molar-refractivity contribution in [2.45, 2.75) is 12.5 Å². The number of hydrogen-bond donors (Lipinski definition) is 1. The summed E-state index contributed by atoms with van der Waals surface area (Å²) in [6.45, 7) is 1.64. The van der Waals surface area contributed by atoms with E-state index in [-0.39, 0.29) is 6.10 Å². The molecule has 70 valence electrons. The van der Waals surface area contributed by atoms with Crippen molar-refractivity contribution in [3.63, 3.8) is 0 Å². The average Bonchev–Trinajstić information content (AvgIpc) is 2.52. The predicted octanol–water partition coefficient (Wildman–Crippen LogP) is 1.42. The number of aromatic nitrogens is 1. The molecule has 0 radical (unpaired) electrons. The standard InChI is InChI=1S/C9H11BrN2O/c10-7-3-8(5-11-4-7)12-2-1-9(13)6-12/h3-5,9,13H,1-2,6H2. The molecule has 1 aromatic rings. The number of pyridine rings is 1. The Morgan fingerprint density at radius 1 is 1.54 bits per heavy atom. The van der Waals surface area contributed by atoms with E-state index in [0.29, 0.717) is 0 Å². The van der Waals surface area contributed by atoms with E-state index in [2.05, 4.69) is 25.8 Å². The lowest BCUT2D eigenvalue weighted by atomic mass is 10.3. The molecule has 0 amide bonds. The SMILES string of the molecule is OC1CCN(c2cncc(Br)c2)C1. The topological polar surface area (TPSA) is 36.4 Å². The van der Waals surface area contributed by atoms with E-state index >= 15 is 0 Å². The van der Waals surface area contributed by atoms with Gasteiger partial charge in [0.1, 0.15) is 0 Å². The van der Waals surface area contributed by atoms with Crippen LogP contribution in [0, 0.1) is 0 Å². The number of halogens is 1. The third-order valence-electron chi connectivity index (χ3n) is 2.22. The molecular formula is C9H11BrN2O. The largest absolute Gasteiger partial charge is 0.391 e. The molecule has 1 atom stereocenters. The summed E-state index contributed by atoms with van der Waals surface area (Å²) in [5.74, 6) is 0. The second-order valence-electron chi connectivity index (χ2n) is 3.25. The lowest BCUT2D eigenvalue weighted by molar-refractivity contribution is 0.198. The maximum atomic E-state index is 9.36. The second kappa shape index (κ2) is 3.64. The summed E-state index contributed by atoms with van der Waals surface area (Å²) >= 11 is 3.37. The van der Waals surface area contributed by atoms with Gasteiger partial charge in [0.15, 0.2) is 0 Å². The van der Waals surface area contributed by atoms with Crippen molar-refractivity contribution in [3.05, 3.63) is 22.9 Å². The van der Waals surface area contributed by atoms with E-state index in [1.807, 2.05) is 12.3 Å². The van der Waals surface area contributed by atoms with Gasteiger partial charge >= 0.3 is 0 Å². The van der Waals surface area contributed by atoms with Gasteiger partial charge in [0, 0.05) is 23.8 Å². The highest BCUT2D eigenvalue weighted by atomic mass is 79.9. The molecule has 2 rings (SSSR count). The Morgan fingerprint density at radius 2 is 2.38 bits per heavy atom. The molecule has 0 spiro atoms. The van der Waals surface area contributed by atoms with Crippen LogP contribution in [-0.4, -0.2) is 29.3 Å². The fourth-order valence-corrected chi connectivity index (χ4v) is 1.90. The van der Waals surface area contributed by atoms with Crippen molar-refractivity contribution in [3.8, 4) is 0 Å². The molecule has 2 heterocycles. The molecule has 4 heteroatoms. The number of anilines is 1. The first-order valence-electron chi connectivity index (χ1n) is 4.29. The van der Waals surface area contributed by atoms with Crippen LogP contribution in [0.3, 0.4) is 0 Å². The number of nitrogens with zero attached hydrogens (tertiary/aromatic N) is 2. The molecule has 0 saturated carbocycles. The second-order valence-corrected chi connectivity index (χ2v) is 4.17. The first-order valence-corrected chi connectivity index (χ1v) is 5.08. The molecule has 1 aliphatic heterocycles. The zero-order valence-electron chi connectivity index (χ0n) is 7.15. The summed E-state index contributed by atoms with van der Waals surface area (Å²) in [4.78, 5) is 6.22. The summed E-state index contributed by atoms with van der Waals surface area (Å²) in [6.07, 6.45) is 4.25. The Morgan fingerprint density at radius 3 is 3.00 bits per heavy atom. The molecule has 1 aromatic heterocycles. The van der Waals surface area contributed by atoms with Crippen molar-refractivity contribution < 1.29 is 5.11 Å². The van der Waals surface area contributed by atoms with Crippen molar-refractivity contribution in [2.24, 2.45) is 0 Å². The Labute approximate surface area is 85.5 Å². The molecule has 0 aliphatic carbocycles. The van der Waals surface area contributed by atoms with Gasteiger partial charge in [-0.1, -0.05) is 0 Å². The molecule has 13 heavy (non-hydrogen) atoms. The summed E-state index contributed by atoms with van der Waals surface area (Å²) in [5, 5.41) is 9.36. The highest BCUT2D eigenvalue weighted by Crippen LogP contribution is 2.22. The quantitative estimate of drug-likeness (QED) is 0.810. The fraction of sp³-hybridized carbons (Fsp3) is 0.444. The van der Waals surface area contributed by atoms with Gasteiger partial charge in [-0.3, -0.25) is 4.98 Å². The van der Waals surface area contributed by atoms with Gasteiger partial charge in [-0.15, -0.1) is 0 Å². The van der Waals surface area contributed by atoms with E-state index in [1.165, 1.54) is 0 Å². The minimum Gasteiger partial charge on any atom is -0.391 e. The minimum atomic E-state index is -0.181. The molecule has 3 nitrogen and oxygen atoms in total. The van der Waals surface area contributed by atoms with Crippen LogP contribution < -0.4 is 4.90 Å². The smallest absolute Gasteiger partial charge is 0.0731 e. The average molecular weight is 243 g/mol. The predicted molar refractivity (Wildman–Crippen MR) is 54.8 cm³/mol. The first-order chi connectivity index (χ1) is 6.25. The Bertz CT molecular complexity index is 305. The fourth-order valence-electron chi connectivity index (χ4n) is 1.55. The van der Waals surface area contributed by atoms with Crippen LogP contribution in [0.4, 0.5) is 5.69 Å². The number of hydrogen-bond acceptors (Lipinski definition) is 3. The number of β-amino-alcohol motifs (C(OH)–C–C–N with tert-alkyl or cyclic N) is 1. The zero-order chi connectivity index (χ0) is 9.26. The normalized spacial score (nSPS) is 22.3. The molecule has 1 fully saturated rings. The van der Waals surface area contributed by atoms with Gasteiger partial charge < -0.3 is 10.0 Å². The maximum Gasteiger partial charge on any atom is 0.0731 e. The van der Waals surface area contributed by atoms with Crippen LogP contribution in [0.1, 0.15) is 6.42 Å². The summed E-state index contributed by atoms with van der Waals surface area (Å²) in [6, 6.07) is 2.02. The van der Waals surface area contributed by atoms with Crippen molar-refractivity contribution in [1.29, 1.82) is 0 Å². The third kappa shape index (κ3) is 2.00. The van der Waals surface area contributed by atoms with Crippen LogP contribution in [-0.2, 0) is 0 Å². The van der Waals surface area contributed by atoms with E-state index in [0.717, 1.165) is 29.7 Å². The lowest BCUT2D eigenvalue weighted by Gasteiger charge is -2.16. The first kappa shape index (κ1) is 8.97. The number of aliphatic hydroxyl groups is 1. The third-order valence-corrected chi connectivity index (χ3v) is 2.65. The Balaban J connectivity index is 2.16. The highest BCUT2D eigenvalue weighted by Gasteiger charge is 2.20. The van der Waals surface area contributed by atoms with E-state index in [1.54, 1.807) is 6.20 Å². The molecule has 1 N–H and O–H groups in total. The highest BCUT2D eigenvalue weighted by molar-refractivity contribution is 9.10. The van der Waals surface area contributed by atoms with Crippen molar-refractivity contribution in [1.82, 2.24) is 4.98 Å². The molecule has 0 aromatic carbocycles. The van der Waals surface area contributed by atoms with E-state index in [4.69, 9.17) is 0 Å². The Hall–Kier alpha value is -0.610. The van der Waals surface area contributed by atoms with E-state index < -0.39 is 0 Å². The van der Waals surface area contributed by atoms with Gasteiger partial charge in [-0.05, 0) is 28.4 Å². The zero-order valence-corrected chi connectivity index (χ0v) is 8.74. The van der Waals surface area contributed by atoms with Crippen LogP contribution >= 0.6 is 15.9 Å². The van der Waals surface area contributed by atoms with Gasteiger partial charge in [-0.2, -0.15) is 0 Å². The van der Waals surface area contributed by atoms with Gasteiger partial charge in [0.05, 0.1) is 18.0 Å². The van der Waals surface area contributed by atoms with Crippen LogP contribution in [0.2, 0.25) is 0 Å². The Kier molecular flexibility index (Phi) is 2.51.